The van der Waals surface area contributed by atoms with Crippen LogP contribution in [0, 0.1) is 0 Å². The Hall–Kier alpha value is -1.06. The van der Waals surface area contributed by atoms with Crippen LogP contribution in [0.15, 0.2) is 24.3 Å². The Kier molecular flexibility index (Phi) is 7.04. The minimum atomic E-state index is 0.568. The molecule has 0 spiro atoms. The Morgan fingerprint density at radius 2 is 1.95 bits per heavy atom. The van der Waals surface area contributed by atoms with E-state index in [2.05, 4.69) is 43.4 Å². The minimum absolute atomic E-state index is 0.568. The molecular formula is C18H32N2O+2. The van der Waals surface area contributed by atoms with Crippen LogP contribution in [0.25, 0.3) is 0 Å². The molecule has 3 heteroatoms. The molecule has 0 unspecified atom stereocenters. The number of unbranched alkanes of at least 4 members (excludes halogenated alkanes) is 2. The molecule has 21 heavy (non-hydrogen) atoms. The van der Waals surface area contributed by atoms with Crippen LogP contribution in [0.1, 0.15) is 44.6 Å². The largest absolute Gasteiger partial charge is 0.494 e. The second-order valence-electron chi connectivity index (χ2n) is 6.50. The molecule has 0 aromatic heterocycles. The van der Waals surface area contributed by atoms with Gasteiger partial charge in [0.05, 0.1) is 13.2 Å². The SMILES string of the molecule is CC(C)c1cccc(OCCCCC[NH+]2CC[NH2+]CC2)c1. The average Bonchev–Trinajstić information content (AvgIpc) is 2.52. The van der Waals surface area contributed by atoms with Gasteiger partial charge in [-0.1, -0.05) is 26.0 Å². The topological polar surface area (TPSA) is 30.3 Å². The fourth-order valence-corrected chi connectivity index (χ4v) is 2.94. The van der Waals surface area contributed by atoms with E-state index in [4.69, 9.17) is 4.74 Å². The number of ether oxygens (including phenoxy) is 1. The van der Waals surface area contributed by atoms with Crippen molar-refractivity contribution >= 4 is 0 Å². The van der Waals surface area contributed by atoms with Crippen molar-refractivity contribution in [3.8, 4) is 5.75 Å². The summed E-state index contributed by atoms with van der Waals surface area (Å²) < 4.78 is 5.88. The van der Waals surface area contributed by atoms with Gasteiger partial charge in [-0.2, -0.15) is 0 Å². The van der Waals surface area contributed by atoms with Crippen LogP contribution < -0.4 is 15.0 Å². The van der Waals surface area contributed by atoms with Crippen LogP contribution in [-0.4, -0.2) is 39.3 Å². The number of hydrogen-bond acceptors (Lipinski definition) is 1. The Bertz CT molecular complexity index is 400. The van der Waals surface area contributed by atoms with Gasteiger partial charge >= 0.3 is 0 Å². The Morgan fingerprint density at radius 1 is 1.14 bits per heavy atom. The van der Waals surface area contributed by atoms with Gasteiger partial charge in [-0.05, 0) is 42.9 Å². The lowest BCUT2D eigenvalue weighted by Crippen LogP contribution is -3.20. The first kappa shape index (κ1) is 16.3. The molecule has 3 nitrogen and oxygen atoms in total. The highest BCUT2D eigenvalue weighted by atomic mass is 16.5. The third kappa shape index (κ3) is 6.06. The fourth-order valence-electron chi connectivity index (χ4n) is 2.94. The minimum Gasteiger partial charge on any atom is -0.494 e. The van der Waals surface area contributed by atoms with Crippen molar-refractivity contribution in [2.45, 2.75) is 39.0 Å². The standard InChI is InChI=1S/C18H30N2O/c1-16(2)17-7-6-8-18(15-17)21-14-5-3-4-11-20-12-9-19-10-13-20/h6-8,15-16,19H,3-5,9-14H2,1-2H3/p+2. The van der Waals surface area contributed by atoms with Gasteiger partial charge in [-0.15, -0.1) is 0 Å². The zero-order valence-electron chi connectivity index (χ0n) is 13.7. The van der Waals surface area contributed by atoms with E-state index >= 15 is 0 Å². The lowest BCUT2D eigenvalue weighted by atomic mass is 10.0. The van der Waals surface area contributed by atoms with Gasteiger partial charge in [0.2, 0.25) is 0 Å². The van der Waals surface area contributed by atoms with Crippen molar-refractivity contribution in [2.24, 2.45) is 0 Å². The summed E-state index contributed by atoms with van der Waals surface area (Å²) in [4.78, 5) is 1.79. The summed E-state index contributed by atoms with van der Waals surface area (Å²) in [5.41, 5.74) is 1.36. The van der Waals surface area contributed by atoms with Crippen molar-refractivity contribution < 1.29 is 15.0 Å². The summed E-state index contributed by atoms with van der Waals surface area (Å²) in [5.74, 6) is 1.59. The third-order valence-corrected chi connectivity index (χ3v) is 4.37. The molecule has 1 saturated heterocycles. The molecule has 0 radical (unpaired) electrons. The van der Waals surface area contributed by atoms with Crippen molar-refractivity contribution in [1.29, 1.82) is 0 Å². The summed E-state index contributed by atoms with van der Waals surface area (Å²) >= 11 is 0. The molecule has 0 saturated carbocycles. The molecule has 1 heterocycles. The molecule has 1 aliphatic heterocycles. The number of nitrogens with one attached hydrogen (secondary N) is 1. The maximum Gasteiger partial charge on any atom is 0.127 e. The molecule has 1 aromatic carbocycles. The van der Waals surface area contributed by atoms with Crippen LogP contribution in [0.4, 0.5) is 0 Å². The number of rotatable bonds is 8. The van der Waals surface area contributed by atoms with Crippen LogP contribution in [-0.2, 0) is 0 Å². The van der Waals surface area contributed by atoms with E-state index in [1.54, 1.807) is 4.90 Å². The van der Waals surface area contributed by atoms with Crippen molar-refractivity contribution in [1.82, 2.24) is 0 Å². The van der Waals surface area contributed by atoms with Gasteiger partial charge in [0.25, 0.3) is 0 Å². The predicted octanol–water partition coefficient (Wildman–Crippen LogP) is 0.821. The summed E-state index contributed by atoms with van der Waals surface area (Å²) in [6, 6.07) is 8.52. The molecule has 0 atom stereocenters. The highest BCUT2D eigenvalue weighted by molar-refractivity contribution is 5.30. The molecule has 1 fully saturated rings. The first-order valence-corrected chi connectivity index (χ1v) is 8.63. The monoisotopic (exact) mass is 292 g/mol. The molecule has 2 rings (SSSR count). The van der Waals surface area contributed by atoms with Crippen molar-refractivity contribution in [2.75, 3.05) is 39.3 Å². The number of piperazine rings is 1. The smallest absolute Gasteiger partial charge is 0.127 e. The van der Waals surface area contributed by atoms with E-state index in [1.165, 1.54) is 57.5 Å². The lowest BCUT2D eigenvalue weighted by molar-refractivity contribution is -0.946. The van der Waals surface area contributed by atoms with Gasteiger partial charge in [0.1, 0.15) is 31.9 Å². The first-order chi connectivity index (χ1) is 10.3. The molecule has 1 aliphatic rings. The summed E-state index contributed by atoms with van der Waals surface area (Å²) in [6.07, 6.45) is 3.80. The molecule has 1 aromatic rings. The lowest BCUT2D eigenvalue weighted by Gasteiger charge is -2.21. The maximum absolute atomic E-state index is 5.88. The van der Waals surface area contributed by atoms with E-state index in [1.807, 2.05) is 0 Å². The van der Waals surface area contributed by atoms with Crippen LogP contribution in [0.5, 0.6) is 5.75 Å². The van der Waals surface area contributed by atoms with E-state index in [0.717, 1.165) is 12.4 Å². The highest BCUT2D eigenvalue weighted by Crippen LogP contribution is 2.20. The molecule has 3 N–H and O–H groups in total. The molecule has 118 valence electrons. The van der Waals surface area contributed by atoms with Gasteiger partial charge < -0.3 is 15.0 Å². The second kappa shape index (κ2) is 9.06. The van der Waals surface area contributed by atoms with Gasteiger partial charge in [-0.3, -0.25) is 0 Å². The average molecular weight is 292 g/mol. The number of quaternary nitrogens is 2. The van der Waals surface area contributed by atoms with Gasteiger partial charge in [0, 0.05) is 0 Å². The fraction of sp³-hybridized carbons (Fsp3) is 0.667. The number of hydrogen-bond donors (Lipinski definition) is 2. The van der Waals surface area contributed by atoms with Crippen LogP contribution >= 0.6 is 0 Å². The second-order valence-corrected chi connectivity index (χ2v) is 6.50. The van der Waals surface area contributed by atoms with Gasteiger partial charge in [-0.25, -0.2) is 0 Å². The summed E-state index contributed by atoms with van der Waals surface area (Å²) in [7, 11) is 0. The maximum atomic E-state index is 5.88. The van der Waals surface area contributed by atoms with E-state index in [-0.39, 0.29) is 0 Å². The molecule has 0 amide bonds. The zero-order valence-corrected chi connectivity index (χ0v) is 13.7. The van der Waals surface area contributed by atoms with E-state index in [9.17, 15) is 0 Å². The zero-order chi connectivity index (χ0) is 14.9. The quantitative estimate of drug-likeness (QED) is 0.683. The first-order valence-electron chi connectivity index (χ1n) is 8.63. The molecule has 0 aliphatic carbocycles. The predicted molar refractivity (Wildman–Crippen MR) is 87.1 cm³/mol. The van der Waals surface area contributed by atoms with Crippen LogP contribution in [0.3, 0.4) is 0 Å². The summed E-state index contributed by atoms with van der Waals surface area (Å²) in [6.45, 7) is 12.0. The number of nitrogens with two attached hydrogens (primary N) is 1. The summed E-state index contributed by atoms with van der Waals surface area (Å²) in [5, 5.41) is 2.43. The van der Waals surface area contributed by atoms with Crippen molar-refractivity contribution in [3.63, 3.8) is 0 Å². The Morgan fingerprint density at radius 3 is 2.71 bits per heavy atom. The normalized spacial score (nSPS) is 16.3. The molecular weight excluding hydrogens is 260 g/mol. The Balaban J connectivity index is 1.56. The highest BCUT2D eigenvalue weighted by Gasteiger charge is 2.14. The number of benzene rings is 1. The van der Waals surface area contributed by atoms with Crippen LogP contribution in [0.2, 0.25) is 0 Å². The Labute approximate surface area is 129 Å². The van der Waals surface area contributed by atoms with Crippen molar-refractivity contribution in [3.05, 3.63) is 29.8 Å². The molecule has 0 bridgehead atoms. The van der Waals surface area contributed by atoms with E-state index in [0.29, 0.717) is 5.92 Å². The third-order valence-electron chi connectivity index (χ3n) is 4.37. The van der Waals surface area contributed by atoms with E-state index < -0.39 is 0 Å². The van der Waals surface area contributed by atoms with Gasteiger partial charge in [0.15, 0.2) is 0 Å².